The van der Waals surface area contributed by atoms with E-state index in [1.54, 1.807) is 12.1 Å². The monoisotopic (exact) mass is 366 g/mol. The fourth-order valence-electron chi connectivity index (χ4n) is 2.74. The molecule has 1 amide bonds. The van der Waals surface area contributed by atoms with E-state index in [0.717, 1.165) is 24.0 Å². The molecule has 0 radical (unpaired) electrons. The van der Waals surface area contributed by atoms with Gasteiger partial charge >= 0.3 is 11.9 Å². The molecule has 1 saturated carbocycles. The Balaban J connectivity index is 1.62. The molecule has 0 aromatic heterocycles. The van der Waals surface area contributed by atoms with E-state index < -0.39 is 23.9 Å². The number of carbonyl (C=O) groups excluding carboxylic acids is 3. The molecule has 1 aliphatic rings. The predicted molar refractivity (Wildman–Crippen MR) is 101 cm³/mol. The van der Waals surface area contributed by atoms with E-state index in [-0.39, 0.29) is 18.9 Å². The van der Waals surface area contributed by atoms with Gasteiger partial charge in [0.25, 0.3) is 0 Å². The summed E-state index contributed by atoms with van der Waals surface area (Å²) < 4.78 is 5.01. The molecule has 1 atom stereocenters. The summed E-state index contributed by atoms with van der Waals surface area (Å²) in [6.07, 6.45) is 2.20. The van der Waals surface area contributed by atoms with Crippen molar-refractivity contribution in [2.75, 3.05) is 0 Å². The van der Waals surface area contributed by atoms with E-state index in [4.69, 9.17) is 10.5 Å². The molecule has 1 aliphatic carbocycles. The summed E-state index contributed by atoms with van der Waals surface area (Å²) in [4.78, 5) is 35.6. The van der Waals surface area contributed by atoms with Crippen molar-refractivity contribution in [1.82, 2.24) is 5.32 Å². The maximum atomic E-state index is 12.3. The van der Waals surface area contributed by atoms with Crippen molar-refractivity contribution in [3.63, 3.8) is 0 Å². The normalized spacial score (nSPS) is 14.4. The van der Waals surface area contributed by atoms with Crippen LogP contribution in [0.25, 0.3) is 11.1 Å². The molecule has 140 valence electrons. The van der Waals surface area contributed by atoms with Crippen molar-refractivity contribution in [1.29, 1.82) is 0 Å². The van der Waals surface area contributed by atoms with Gasteiger partial charge < -0.3 is 15.8 Å². The molecule has 2 aromatic rings. The van der Waals surface area contributed by atoms with Gasteiger partial charge in [-0.05, 0) is 42.5 Å². The average Bonchev–Trinajstić information content (AvgIpc) is 3.50. The number of primary amides is 1. The summed E-state index contributed by atoms with van der Waals surface area (Å²) in [5.41, 5.74) is 7.45. The Hall–Kier alpha value is -2.99. The van der Waals surface area contributed by atoms with Gasteiger partial charge in [-0.1, -0.05) is 42.5 Å². The predicted octanol–water partition coefficient (Wildman–Crippen LogP) is 2.42. The second-order valence-electron chi connectivity index (χ2n) is 6.65. The van der Waals surface area contributed by atoms with Crippen molar-refractivity contribution in [2.24, 2.45) is 5.73 Å². The minimum atomic E-state index is -0.711. The first-order valence-electron chi connectivity index (χ1n) is 8.99. The maximum Gasteiger partial charge on any atom is 0.345 e. The molecular formula is C21H22N2O4. The molecule has 0 heterocycles. The number of esters is 2. The quantitative estimate of drug-likeness (QED) is 0.552. The van der Waals surface area contributed by atoms with E-state index in [1.807, 2.05) is 42.5 Å². The number of benzene rings is 2. The van der Waals surface area contributed by atoms with Crippen molar-refractivity contribution in [2.45, 2.75) is 37.8 Å². The lowest BCUT2D eigenvalue weighted by Crippen LogP contribution is -2.41. The average molecular weight is 366 g/mol. The largest absolute Gasteiger partial charge is 0.388 e. The molecule has 0 saturated heterocycles. The van der Waals surface area contributed by atoms with Crippen LogP contribution in [-0.4, -0.2) is 29.9 Å². The molecule has 0 spiro atoms. The number of hydrogen-bond acceptors (Lipinski definition) is 5. The van der Waals surface area contributed by atoms with E-state index in [1.165, 1.54) is 0 Å². The zero-order valence-electron chi connectivity index (χ0n) is 14.9. The van der Waals surface area contributed by atoms with Crippen LogP contribution in [0, 0.1) is 0 Å². The fraction of sp³-hybridized carbons (Fsp3) is 0.286. The Bertz CT molecular complexity index is 814. The van der Waals surface area contributed by atoms with E-state index in [0.29, 0.717) is 5.56 Å². The fourth-order valence-corrected chi connectivity index (χ4v) is 2.74. The van der Waals surface area contributed by atoms with E-state index >= 15 is 0 Å². The van der Waals surface area contributed by atoms with Crippen molar-refractivity contribution in [3.8, 4) is 11.1 Å². The van der Waals surface area contributed by atoms with Gasteiger partial charge in [0.05, 0.1) is 5.56 Å². The minimum absolute atomic E-state index is 0.0550. The van der Waals surface area contributed by atoms with E-state index in [2.05, 4.69) is 5.32 Å². The first-order valence-corrected chi connectivity index (χ1v) is 8.99. The third-order valence-corrected chi connectivity index (χ3v) is 4.40. The highest BCUT2D eigenvalue weighted by Crippen LogP contribution is 2.22. The third-order valence-electron chi connectivity index (χ3n) is 4.40. The number of rotatable bonds is 8. The lowest BCUT2D eigenvalue weighted by atomic mass is 10.0. The number of nitrogens with two attached hydrogens (primary N) is 1. The second-order valence-corrected chi connectivity index (χ2v) is 6.65. The first kappa shape index (κ1) is 18.8. The molecule has 3 rings (SSSR count). The number of hydrogen-bond donors (Lipinski definition) is 2. The minimum Gasteiger partial charge on any atom is -0.388 e. The van der Waals surface area contributed by atoms with Gasteiger partial charge in [-0.3, -0.25) is 4.79 Å². The van der Waals surface area contributed by atoms with Crippen LogP contribution in [0.2, 0.25) is 0 Å². The second kappa shape index (κ2) is 8.60. The zero-order valence-corrected chi connectivity index (χ0v) is 14.9. The Kier molecular flexibility index (Phi) is 5.98. The van der Waals surface area contributed by atoms with Gasteiger partial charge in [0, 0.05) is 12.5 Å². The highest BCUT2D eigenvalue weighted by Gasteiger charge is 2.30. The maximum absolute atomic E-state index is 12.3. The Morgan fingerprint density at radius 3 is 2.22 bits per heavy atom. The zero-order chi connectivity index (χ0) is 19.2. The highest BCUT2D eigenvalue weighted by atomic mass is 16.6. The summed E-state index contributed by atoms with van der Waals surface area (Å²) in [6, 6.07) is 16.2. The van der Waals surface area contributed by atoms with Crippen LogP contribution in [-0.2, 0) is 14.3 Å². The topological polar surface area (TPSA) is 98.5 Å². The van der Waals surface area contributed by atoms with Crippen molar-refractivity contribution < 1.29 is 19.1 Å². The van der Waals surface area contributed by atoms with Crippen molar-refractivity contribution >= 4 is 17.8 Å². The van der Waals surface area contributed by atoms with Crippen LogP contribution in [0.4, 0.5) is 0 Å². The van der Waals surface area contributed by atoms with Gasteiger partial charge in [-0.2, -0.15) is 0 Å². The van der Waals surface area contributed by atoms with Crippen LogP contribution in [0.5, 0.6) is 0 Å². The molecule has 6 nitrogen and oxygen atoms in total. The molecule has 0 aliphatic heterocycles. The van der Waals surface area contributed by atoms with Crippen LogP contribution in [0.1, 0.15) is 36.0 Å². The number of nitrogens with one attached hydrogen (secondary N) is 1. The Morgan fingerprint density at radius 2 is 1.63 bits per heavy atom. The van der Waals surface area contributed by atoms with Gasteiger partial charge in [0.15, 0.2) is 0 Å². The highest BCUT2D eigenvalue weighted by molar-refractivity contribution is 5.98. The van der Waals surface area contributed by atoms with Gasteiger partial charge in [-0.15, -0.1) is 0 Å². The van der Waals surface area contributed by atoms with Crippen LogP contribution in [0.15, 0.2) is 54.6 Å². The summed E-state index contributed by atoms with van der Waals surface area (Å²) in [7, 11) is 0. The summed E-state index contributed by atoms with van der Waals surface area (Å²) in [5.74, 6) is -1.88. The van der Waals surface area contributed by atoms with Gasteiger partial charge in [0.2, 0.25) is 5.91 Å². The van der Waals surface area contributed by atoms with Gasteiger partial charge in [-0.25, -0.2) is 9.59 Å². The lowest BCUT2D eigenvalue weighted by Gasteiger charge is -2.16. The first-order chi connectivity index (χ1) is 13.0. The van der Waals surface area contributed by atoms with Crippen LogP contribution >= 0.6 is 0 Å². The standard InChI is InChI=1S/C21H22N2O4/c22-19(24)13-12-18(23-17-10-11-17)21(26)27-20(25)16-8-6-15(7-9-16)14-4-2-1-3-5-14/h1-9,17-18,23H,10-13H2,(H2,22,24)/t18-/m0/s1. The van der Waals surface area contributed by atoms with Crippen molar-refractivity contribution in [3.05, 3.63) is 60.2 Å². The molecule has 1 fully saturated rings. The SMILES string of the molecule is NC(=O)CC[C@H](NC1CC1)C(=O)OC(=O)c1ccc(-c2ccccc2)cc1. The number of ether oxygens (including phenoxy) is 1. The molecule has 3 N–H and O–H groups in total. The smallest absolute Gasteiger partial charge is 0.345 e. The summed E-state index contributed by atoms with van der Waals surface area (Å²) >= 11 is 0. The molecule has 0 bridgehead atoms. The summed E-state index contributed by atoms with van der Waals surface area (Å²) in [6.45, 7) is 0. The Labute approximate surface area is 157 Å². The molecule has 0 unspecified atom stereocenters. The molecule has 27 heavy (non-hydrogen) atoms. The Morgan fingerprint density at radius 1 is 1.00 bits per heavy atom. The molecule has 6 heteroatoms. The van der Waals surface area contributed by atoms with Crippen LogP contribution in [0.3, 0.4) is 0 Å². The number of carbonyl (C=O) groups is 3. The lowest BCUT2D eigenvalue weighted by molar-refractivity contribution is -0.140. The van der Waals surface area contributed by atoms with Crippen LogP contribution < -0.4 is 11.1 Å². The van der Waals surface area contributed by atoms with Gasteiger partial charge in [0.1, 0.15) is 6.04 Å². The third kappa shape index (κ3) is 5.49. The van der Waals surface area contributed by atoms with E-state index in [9.17, 15) is 14.4 Å². The summed E-state index contributed by atoms with van der Waals surface area (Å²) in [5, 5.41) is 3.10. The number of amides is 1. The molecular weight excluding hydrogens is 344 g/mol. The molecule has 2 aromatic carbocycles.